The fourth-order valence-electron chi connectivity index (χ4n) is 2.36. The van der Waals surface area contributed by atoms with Crippen molar-refractivity contribution in [3.63, 3.8) is 0 Å². The van der Waals surface area contributed by atoms with E-state index in [-0.39, 0.29) is 24.0 Å². The third kappa shape index (κ3) is 8.03. The number of ether oxygens (including phenoxy) is 1. The number of nitrogens with one attached hydrogen (secondary N) is 2. The quantitative estimate of drug-likeness (QED) is 0.269. The third-order valence-electron chi connectivity index (χ3n) is 3.83. The molecule has 2 N–H and O–H groups in total. The number of hydrogen-bond acceptors (Lipinski definition) is 3. The number of pyridine rings is 1. The fourth-order valence-corrected chi connectivity index (χ4v) is 2.36. The van der Waals surface area contributed by atoms with Gasteiger partial charge in [0, 0.05) is 31.9 Å². The third-order valence-corrected chi connectivity index (χ3v) is 3.83. The van der Waals surface area contributed by atoms with E-state index in [2.05, 4.69) is 46.6 Å². The van der Waals surface area contributed by atoms with Gasteiger partial charge >= 0.3 is 0 Å². The molecule has 2 aromatic rings. The number of aromatic nitrogens is 1. The highest BCUT2D eigenvalue weighted by Gasteiger charge is 2.01. The van der Waals surface area contributed by atoms with Gasteiger partial charge in [0.15, 0.2) is 5.96 Å². The van der Waals surface area contributed by atoms with Crippen LogP contribution < -0.4 is 15.4 Å². The Morgan fingerprint density at radius 3 is 2.42 bits per heavy atom. The van der Waals surface area contributed by atoms with Crippen molar-refractivity contribution in [2.24, 2.45) is 4.99 Å². The summed E-state index contributed by atoms with van der Waals surface area (Å²) < 4.78 is 5.75. The molecular weight excluding hydrogens is 439 g/mol. The lowest BCUT2D eigenvalue weighted by molar-refractivity contribution is 0.322. The van der Waals surface area contributed by atoms with Crippen LogP contribution >= 0.6 is 24.0 Å². The van der Waals surface area contributed by atoms with E-state index in [9.17, 15) is 0 Å². The predicted molar refractivity (Wildman–Crippen MR) is 119 cm³/mol. The van der Waals surface area contributed by atoms with Crippen LogP contribution in [-0.2, 0) is 6.42 Å². The molecule has 6 heteroatoms. The van der Waals surface area contributed by atoms with E-state index in [1.54, 1.807) is 7.05 Å². The first-order valence-electron chi connectivity index (χ1n) is 8.76. The van der Waals surface area contributed by atoms with Gasteiger partial charge in [-0.3, -0.25) is 9.98 Å². The van der Waals surface area contributed by atoms with E-state index < -0.39 is 0 Å². The van der Waals surface area contributed by atoms with Crippen molar-refractivity contribution in [1.82, 2.24) is 15.6 Å². The van der Waals surface area contributed by atoms with Gasteiger partial charge in [-0.05, 0) is 35.7 Å². The minimum absolute atomic E-state index is 0. The summed E-state index contributed by atoms with van der Waals surface area (Å²) in [6, 6.07) is 14.2. The van der Waals surface area contributed by atoms with Gasteiger partial charge in [-0.15, -0.1) is 24.0 Å². The van der Waals surface area contributed by atoms with Gasteiger partial charge in [0.1, 0.15) is 12.4 Å². The lowest BCUT2D eigenvalue weighted by atomic mass is 10.0. The molecule has 0 spiro atoms. The molecule has 1 heterocycles. The molecule has 0 radical (unpaired) electrons. The molecule has 0 fully saturated rings. The Morgan fingerprint density at radius 2 is 1.81 bits per heavy atom. The summed E-state index contributed by atoms with van der Waals surface area (Å²) in [6.07, 6.45) is 2.67. The molecule has 0 aliphatic rings. The topological polar surface area (TPSA) is 58.5 Å². The first-order valence-corrected chi connectivity index (χ1v) is 8.76. The maximum Gasteiger partial charge on any atom is 0.191 e. The second-order valence-corrected chi connectivity index (χ2v) is 6.07. The van der Waals surface area contributed by atoms with Crippen LogP contribution in [0, 0.1) is 0 Å². The highest BCUT2D eigenvalue weighted by atomic mass is 127. The Balaban J connectivity index is 0.00000338. The average molecular weight is 468 g/mol. The van der Waals surface area contributed by atoms with Crippen LogP contribution in [0.3, 0.4) is 0 Å². The van der Waals surface area contributed by atoms with Crippen LogP contribution in [0.15, 0.2) is 53.7 Å². The number of nitrogens with zero attached hydrogens (tertiary/aromatic N) is 2. The number of aliphatic imine (C=N–C) groups is 1. The van der Waals surface area contributed by atoms with Crippen LogP contribution in [0.1, 0.15) is 31.0 Å². The first-order chi connectivity index (χ1) is 12.2. The number of benzene rings is 1. The van der Waals surface area contributed by atoms with Crippen molar-refractivity contribution in [2.45, 2.75) is 26.2 Å². The summed E-state index contributed by atoms with van der Waals surface area (Å²) in [5.41, 5.74) is 2.39. The van der Waals surface area contributed by atoms with E-state index >= 15 is 0 Å². The zero-order chi connectivity index (χ0) is 17.9. The number of hydrogen-bond donors (Lipinski definition) is 2. The molecule has 142 valence electrons. The Kier molecular flexibility index (Phi) is 10.7. The number of guanidine groups is 1. The molecule has 2 rings (SSSR count). The van der Waals surface area contributed by atoms with E-state index in [1.807, 2.05) is 36.5 Å². The van der Waals surface area contributed by atoms with Gasteiger partial charge < -0.3 is 15.4 Å². The molecule has 0 unspecified atom stereocenters. The van der Waals surface area contributed by atoms with Crippen molar-refractivity contribution in [3.8, 4) is 5.75 Å². The van der Waals surface area contributed by atoms with Gasteiger partial charge in [-0.25, -0.2) is 0 Å². The molecule has 0 aliphatic carbocycles. The monoisotopic (exact) mass is 468 g/mol. The summed E-state index contributed by atoms with van der Waals surface area (Å²) in [5, 5.41) is 6.53. The maximum absolute atomic E-state index is 5.75. The van der Waals surface area contributed by atoms with Crippen molar-refractivity contribution in [1.29, 1.82) is 0 Å². The summed E-state index contributed by atoms with van der Waals surface area (Å²) in [7, 11) is 1.77. The minimum atomic E-state index is 0. The fraction of sp³-hybridized carbons (Fsp3) is 0.400. The molecule has 0 bridgehead atoms. The van der Waals surface area contributed by atoms with Crippen LogP contribution in [0.5, 0.6) is 5.75 Å². The maximum atomic E-state index is 5.75. The van der Waals surface area contributed by atoms with Crippen LogP contribution in [0.25, 0.3) is 0 Å². The van der Waals surface area contributed by atoms with Gasteiger partial charge in [0.05, 0.1) is 6.54 Å². The highest BCUT2D eigenvalue weighted by molar-refractivity contribution is 14.0. The Bertz CT molecular complexity index is 645. The largest absolute Gasteiger partial charge is 0.492 e. The molecular formula is C20H29IN4O. The Labute approximate surface area is 173 Å². The molecule has 0 atom stereocenters. The SMILES string of the molecule is CN=C(NCCOc1ccc(C(C)C)cc1)NCCc1ccccn1.I. The molecule has 0 aliphatic heterocycles. The zero-order valence-corrected chi connectivity index (χ0v) is 18.1. The van der Waals surface area contributed by atoms with Crippen LogP contribution in [-0.4, -0.2) is 37.7 Å². The normalized spacial score (nSPS) is 11.0. The van der Waals surface area contributed by atoms with E-state index in [4.69, 9.17) is 4.74 Å². The Hall–Kier alpha value is -1.83. The summed E-state index contributed by atoms with van der Waals surface area (Å²) in [4.78, 5) is 8.52. The lowest BCUT2D eigenvalue weighted by Gasteiger charge is -2.13. The minimum Gasteiger partial charge on any atom is -0.492 e. The standard InChI is InChI=1S/C20H28N4O.HI/c1-16(2)17-7-9-19(10-8-17)25-15-14-24-20(21-3)23-13-11-18-6-4-5-12-22-18;/h4-10,12,16H,11,13-15H2,1-3H3,(H2,21,23,24);1H. The van der Waals surface area contributed by atoms with E-state index in [0.29, 0.717) is 19.1 Å². The lowest BCUT2D eigenvalue weighted by Crippen LogP contribution is -2.40. The average Bonchev–Trinajstić information content (AvgIpc) is 2.65. The second kappa shape index (κ2) is 12.5. The van der Waals surface area contributed by atoms with Crippen molar-refractivity contribution >= 4 is 29.9 Å². The first kappa shape index (κ1) is 22.2. The highest BCUT2D eigenvalue weighted by Crippen LogP contribution is 2.18. The predicted octanol–water partition coefficient (Wildman–Crippen LogP) is 3.61. The number of rotatable bonds is 8. The van der Waals surface area contributed by atoms with Crippen molar-refractivity contribution in [2.75, 3.05) is 26.7 Å². The second-order valence-electron chi connectivity index (χ2n) is 6.07. The van der Waals surface area contributed by atoms with Gasteiger partial charge in [-0.1, -0.05) is 32.0 Å². The molecule has 5 nitrogen and oxygen atoms in total. The van der Waals surface area contributed by atoms with E-state index in [1.165, 1.54) is 5.56 Å². The summed E-state index contributed by atoms with van der Waals surface area (Å²) >= 11 is 0. The van der Waals surface area contributed by atoms with Gasteiger partial charge in [0.25, 0.3) is 0 Å². The van der Waals surface area contributed by atoms with Crippen molar-refractivity contribution < 1.29 is 4.74 Å². The summed E-state index contributed by atoms with van der Waals surface area (Å²) in [5.74, 6) is 2.20. The summed E-state index contributed by atoms with van der Waals surface area (Å²) in [6.45, 7) is 6.43. The molecule has 0 saturated carbocycles. The molecule has 1 aromatic heterocycles. The van der Waals surface area contributed by atoms with E-state index in [0.717, 1.165) is 30.4 Å². The van der Waals surface area contributed by atoms with Crippen LogP contribution in [0.2, 0.25) is 0 Å². The molecule has 26 heavy (non-hydrogen) atoms. The Morgan fingerprint density at radius 1 is 1.08 bits per heavy atom. The van der Waals surface area contributed by atoms with Gasteiger partial charge in [-0.2, -0.15) is 0 Å². The number of halogens is 1. The zero-order valence-electron chi connectivity index (χ0n) is 15.7. The molecule has 0 amide bonds. The molecule has 1 aromatic carbocycles. The molecule has 0 saturated heterocycles. The smallest absolute Gasteiger partial charge is 0.191 e. The van der Waals surface area contributed by atoms with Crippen molar-refractivity contribution in [3.05, 3.63) is 59.9 Å². The van der Waals surface area contributed by atoms with Gasteiger partial charge in [0.2, 0.25) is 0 Å². The van der Waals surface area contributed by atoms with Crippen LogP contribution in [0.4, 0.5) is 0 Å².